The van der Waals surface area contributed by atoms with Gasteiger partial charge in [-0.25, -0.2) is 9.59 Å². The molecule has 5 nitrogen and oxygen atoms in total. The molecule has 1 aromatic carbocycles. The lowest BCUT2D eigenvalue weighted by Gasteiger charge is -2.17. The van der Waals surface area contributed by atoms with Gasteiger partial charge in [0, 0.05) is 12.0 Å². The van der Waals surface area contributed by atoms with Gasteiger partial charge in [-0.15, -0.1) is 0 Å². The van der Waals surface area contributed by atoms with E-state index in [1.165, 1.54) is 6.08 Å². The molecule has 5 heteroatoms. The van der Waals surface area contributed by atoms with Gasteiger partial charge >= 0.3 is 11.9 Å². The van der Waals surface area contributed by atoms with Crippen molar-refractivity contribution in [3.63, 3.8) is 0 Å². The molecule has 2 unspecified atom stereocenters. The van der Waals surface area contributed by atoms with Crippen LogP contribution in [0.5, 0.6) is 0 Å². The first-order chi connectivity index (χ1) is 10.9. The van der Waals surface area contributed by atoms with Crippen molar-refractivity contribution in [1.29, 1.82) is 0 Å². The summed E-state index contributed by atoms with van der Waals surface area (Å²) in [4.78, 5) is 23.2. The number of carbonyl (C=O) groups excluding carboxylic acids is 2. The highest BCUT2D eigenvalue weighted by molar-refractivity contribution is 5.87. The van der Waals surface area contributed by atoms with Crippen LogP contribution in [0.1, 0.15) is 26.3 Å². The lowest BCUT2D eigenvalue weighted by Crippen LogP contribution is -2.23. The highest BCUT2D eigenvalue weighted by Gasteiger charge is 2.16. The molecule has 0 bridgehead atoms. The van der Waals surface area contributed by atoms with Crippen molar-refractivity contribution in [2.45, 2.75) is 33.5 Å². The molecule has 0 spiro atoms. The van der Waals surface area contributed by atoms with Gasteiger partial charge in [-0.2, -0.15) is 0 Å². The van der Waals surface area contributed by atoms with E-state index >= 15 is 0 Å². The van der Waals surface area contributed by atoms with E-state index in [4.69, 9.17) is 15.2 Å². The van der Waals surface area contributed by atoms with E-state index in [0.29, 0.717) is 0 Å². The maximum absolute atomic E-state index is 11.9. The Kier molecular flexibility index (Phi) is 7.60. The number of ether oxygens (including phenoxy) is 2. The molecule has 0 aliphatic rings. The molecule has 0 aromatic heterocycles. The van der Waals surface area contributed by atoms with E-state index in [-0.39, 0.29) is 18.2 Å². The Labute approximate surface area is 136 Å². The molecule has 0 fully saturated rings. The summed E-state index contributed by atoms with van der Waals surface area (Å²) >= 11 is 0. The minimum atomic E-state index is -0.590. The zero-order valence-electron chi connectivity index (χ0n) is 13.7. The van der Waals surface area contributed by atoms with Crippen molar-refractivity contribution in [2.24, 2.45) is 11.7 Å². The average molecular weight is 317 g/mol. The molecule has 2 atom stereocenters. The van der Waals surface area contributed by atoms with E-state index in [0.717, 1.165) is 5.56 Å². The Morgan fingerprint density at radius 2 is 1.87 bits per heavy atom. The number of hydrogen-bond donors (Lipinski definition) is 1. The lowest BCUT2D eigenvalue weighted by molar-refractivity contribution is -0.143. The van der Waals surface area contributed by atoms with Crippen LogP contribution in [0.2, 0.25) is 0 Å². The predicted octanol–water partition coefficient (Wildman–Crippen LogP) is 2.72. The van der Waals surface area contributed by atoms with Gasteiger partial charge in [0.05, 0.1) is 0 Å². The topological polar surface area (TPSA) is 78.6 Å². The second kappa shape index (κ2) is 9.46. The van der Waals surface area contributed by atoms with Crippen molar-refractivity contribution >= 4 is 11.9 Å². The summed E-state index contributed by atoms with van der Waals surface area (Å²) in [7, 11) is 0. The molecule has 0 amide bonds. The molecule has 1 rings (SSSR count). The monoisotopic (exact) mass is 317 g/mol. The number of rotatable bonds is 7. The SMILES string of the molecule is CC=CC(=O)OC(C)C(C)C=C(N)C(=O)OCc1ccccc1. The zero-order valence-corrected chi connectivity index (χ0v) is 13.7. The molecule has 0 saturated heterocycles. The van der Waals surface area contributed by atoms with Crippen LogP contribution in [0, 0.1) is 5.92 Å². The number of carbonyl (C=O) groups is 2. The molecule has 124 valence electrons. The smallest absolute Gasteiger partial charge is 0.354 e. The van der Waals surface area contributed by atoms with Crippen LogP contribution in [0.15, 0.2) is 54.3 Å². The van der Waals surface area contributed by atoms with Crippen molar-refractivity contribution in [3.05, 3.63) is 59.8 Å². The Bertz CT molecular complexity index is 578. The van der Waals surface area contributed by atoms with Crippen LogP contribution >= 0.6 is 0 Å². The summed E-state index contributed by atoms with van der Waals surface area (Å²) in [5.41, 5.74) is 6.63. The van der Waals surface area contributed by atoms with Crippen molar-refractivity contribution in [3.8, 4) is 0 Å². The molecule has 2 N–H and O–H groups in total. The number of nitrogens with two attached hydrogens (primary N) is 1. The maximum atomic E-state index is 11.9. The quantitative estimate of drug-likeness (QED) is 0.618. The minimum Gasteiger partial charge on any atom is -0.459 e. The molecule has 0 radical (unpaired) electrons. The Balaban J connectivity index is 2.53. The molecular weight excluding hydrogens is 294 g/mol. The van der Waals surface area contributed by atoms with E-state index in [1.807, 2.05) is 37.3 Å². The van der Waals surface area contributed by atoms with Crippen LogP contribution in [-0.2, 0) is 25.7 Å². The number of hydrogen-bond acceptors (Lipinski definition) is 5. The van der Waals surface area contributed by atoms with Gasteiger partial charge in [0.15, 0.2) is 0 Å². The largest absolute Gasteiger partial charge is 0.459 e. The number of benzene rings is 1. The van der Waals surface area contributed by atoms with Gasteiger partial charge in [-0.05, 0) is 25.5 Å². The third kappa shape index (κ3) is 6.82. The second-order valence-electron chi connectivity index (χ2n) is 5.18. The molecule has 0 saturated carbocycles. The molecule has 0 aliphatic carbocycles. The molecule has 0 heterocycles. The normalized spacial score (nSPS) is 14.3. The van der Waals surface area contributed by atoms with Crippen molar-refractivity contribution in [1.82, 2.24) is 0 Å². The first kappa shape index (κ1) is 18.5. The third-order valence-corrected chi connectivity index (χ3v) is 3.24. The van der Waals surface area contributed by atoms with Gasteiger partial charge in [0.2, 0.25) is 0 Å². The summed E-state index contributed by atoms with van der Waals surface area (Å²) in [6.45, 7) is 5.44. The van der Waals surface area contributed by atoms with E-state index in [9.17, 15) is 9.59 Å². The van der Waals surface area contributed by atoms with E-state index in [2.05, 4.69) is 0 Å². The fourth-order valence-electron chi connectivity index (χ4n) is 1.76. The van der Waals surface area contributed by atoms with Crippen LogP contribution in [-0.4, -0.2) is 18.0 Å². The van der Waals surface area contributed by atoms with Gasteiger partial charge in [-0.3, -0.25) is 0 Å². The highest BCUT2D eigenvalue weighted by atomic mass is 16.5. The Hall–Kier alpha value is -2.56. The predicted molar refractivity (Wildman–Crippen MR) is 88.0 cm³/mol. The minimum absolute atomic E-state index is 0.00219. The molecule has 23 heavy (non-hydrogen) atoms. The zero-order chi connectivity index (χ0) is 17.2. The van der Waals surface area contributed by atoms with E-state index < -0.39 is 18.0 Å². The lowest BCUT2D eigenvalue weighted by atomic mass is 10.0. The van der Waals surface area contributed by atoms with Gasteiger partial charge in [0.1, 0.15) is 18.4 Å². The first-order valence-electron chi connectivity index (χ1n) is 7.45. The average Bonchev–Trinajstić information content (AvgIpc) is 2.53. The van der Waals surface area contributed by atoms with Crippen LogP contribution < -0.4 is 5.73 Å². The van der Waals surface area contributed by atoms with Crippen molar-refractivity contribution in [2.75, 3.05) is 0 Å². The maximum Gasteiger partial charge on any atom is 0.354 e. The summed E-state index contributed by atoms with van der Waals surface area (Å²) in [5.74, 6) is -1.23. The fraction of sp³-hybridized carbons (Fsp3) is 0.333. The van der Waals surface area contributed by atoms with Gasteiger partial charge in [0.25, 0.3) is 0 Å². The number of esters is 2. The molecular formula is C18H23NO4. The highest BCUT2D eigenvalue weighted by Crippen LogP contribution is 2.11. The first-order valence-corrected chi connectivity index (χ1v) is 7.45. The van der Waals surface area contributed by atoms with Gasteiger partial charge in [-0.1, -0.05) is 43.3 Å². The standard InChI is InChI=1S/C18H23NO4/c1-4-8-17(20)23-14(3)13(2)11-16(19)18(21)22-12-15-9-6-5-7-10-15/h4-11,13-14H,12,19H2,1-3H3. The molecule has 1 aromatic rings. The molecule has 0 aliphatic heterocycles. The Morgan fingerprint density at radius 1 is 1.22 bits per heavy atom. The summed E-state index contributed by atoms with van der Waals surface area (Å²) in [6, 6.07) is 9.34. The summed E-state index contributed by atoms with van der Waals surface area (Å²) in [6.07, 6.45) is 4.08. The fourth-order valence-corrected chi connectivity index (χ4v) is 1.76. The van der Waals surface area contributed by atoms with Gasteiger partial charge < -0.3 is 15.2 Å². The number of allylic oxidation sites excluding steroid dienone is 1. The summed E-state index contributed by atoms with van der Waals surface area (Å²) < 4.78 is 10.3. The van der Waals surface area contributed by atoms with Crippen LogP contribution in [0.3, 0.4) is 0 Å². The second-order valence-corrected chi connectivity index (χ2v) is 5.18. The Morgan fingerprint density at radius 3 is 2.48 bits per heavy atom. The van der Waals surface area contributed by atoms with Crippen molar-refractivity contribution < 1.29 is 19.1 Å². The van der Waals surface area contributed by atoms with Crippen LogP contribution in [0.4, 0.5) is 0 Å². The summed E-state index contributed by atoms with van der Waals surface area (Å²) in [5, 5.41) is 0. The van der Waals surface area contributed by atoms with Crippen LogP contribution in [0.25, 0.3) is 0 Å². The third-order valence-electron chi connectivity index (χ3n) is 3.24. The van der Waals surface area contributed by atoms with E-state index in [1.54, 1.807) is 26.0 Å².